The first-order valence-corrected chi connectivity index (χ1v) is 5.28. The van der Waals surface area contributed by atoms with Crippen LogP contribution >= 0.6 is 27.3 Å². The van der Waals surface area contributed by atoms with Crippen LogP contribution in [0.5, 0.6) is 0 Å². The van der Waals surface area contributed by atoms with Gasteiger partial charge in [0.1, 0.15) is 0 Å². The molecule has 0 aliphatic heterocycles. The summed E-state index contributed by atoms with van der Waals surface area (Å²) in [7, 11) is 0. The van der Waals surface area contributed by atoms with Gasteiger partial charge in [0.05, 0.1) is 13.0 Å². The van der Waals surface area contributed by atoms with Crippen LogP contribution in [0.4, 0.5) is 0 Å². The van der Waals surface area contributed by atoms with E-state index in [2.05, 4.69) is 15.9 Å². The molecule has 0 radical (unpaired) electrons. The molecule has 0 aromatic carbocycles. The molecule has 0 saturated carbocycles. The molecule has 2 nitrogen and oxygen atoms in total. The summed E-state index contributed by atoms with van der Waals surface area (Å²) in [6.45, 7) is 2.26. The van der Waals surface area contributed by atoms with Gasteiger partial charge in [-0.1, -0.05) is 0 Å². The van der Waals surface area contributed by atoms with Crippen molar-refractivity contribution in [2.75, 3.05) is 6.61 Å². The van der Waals surface area contributed by atoms with Crippen LogP contribution in [0.15, 0.2) is 15.9 Å². The molecule has 0 N–H and O–H groups in total. The van der Waals surface area contributed by atoms with Crippen LogP contribution in [0.2, 0.25) is 0 Å². The molecule has 0 saturated heterocycles. The molecule has 0 amide bonds. The minimum absolute atomic E-state index is 0.160. The van der Waals surface area contributed by atoms with Crippen LogP contribution in [0, 0.1) is 0 Å². The van der Waals surface area contributed by atoms with Gasteiger partial charge in [-0.3, -0.25) is 4.79 Å². The zero-order valence-corrected chi connectivity index (χ0v) is 9.07. The molecule has 12 heavy (non-hydrogen) atoms. The molecular weight excluding hydrogens is 240 g/mol. The van der Waals surface area contributed by atoms with Crippen LogP contribution < -0.4 is 0 Å². The highest BCUT2D eigenvalue weighted by molar-refractivity contribution is 9.10. The number of hydrogen-bond acceptors (Lipinski definition) is 3. The number of ether oxygens (including phenoxy) is 1. The number of halogens is 1. The Morgan fingerprint density at radius 2 is 2.50 bits per heavy atom. The second-order valence-corrected chi connectivity index (χ2v) is 4.12. The van der Waals surface area contributed by atoms with Crippen molar-refractivity contribution >= 4 is 33.2 Å². The molecule has 0 fully saturated rings. The molecule has 66 valence electrons. The molecule has 0 aliphatic carbocycles. The van der Waals surface area contributed by atoms with Crippen LogP contribution in [0.25, 0.3) is 0 Å². The van der Waals surface area contributed by atoms with Gasteiger partial charge in [-0.15, -0.1) is 11.3 Å². The van der Waals surface area contributed by atoms with Crippen molar-refractivity contribution in [1.82, 2.24) is 0 Å². The van der Waals surface area contributed by atoms with Crippen LogP contribution in [-0.4, -0.2) is 12.6 Å². The average Bonchev–Trinajstić information content (AvgIpc) is 2.36. The first-order valence-electron chi connectivity index (χ1n) is 3.61. The van der Waals surface area contributed by atoms with Crippen molar-refractivity contribution in [3.05, 3.63) is 20.8 Å². The topological polar surface area (TPSA) is 26.3 Å². The third-order valence-electron chi connectivity index (χ3n) is 1.25. The van der Waals surface area contributed by atoms with Crippen molar-refractivity contribution in [3.8, 4) is 0 Å². The lowest BCUT2D eigenvalue weighted by atomic mass is 10.3. The summed E-state index contributed by atoms with van der Waals surface area (Å²) in [5.74, 6) is -0.160. The number of carbonyl (C=O) groups is 1. The van der Waals surface area contributed by atoms with Crippen molar-refractivity contribution in [1.29, 1.82) is 0 Å². The van der Waals surface area contributed by atoms with E-state index in [0.717, 1.165) is 9.35 Å². The van der Waals surface area contributed by atoms with Gasteiger partial charge in [-0.05, 0) is 28.9 Å². The van der Waals surface area contributed by atoms with E-state index in [-0.39, 0.29) is 5.97 Å². The molecule has 1 rings (SSSR count). The fraction of sp³-hybridized carbons (Fsp3) is 0.375. The predicted octanol–water partition coefficient (Wildman–Crippen LogP) is 2.62. The Morgan fingerprint density at radius 3 is 3.00 bits per heavy atom. The number of rotatable bonds is 3. The van der Waals surface area contributed by atoms with Gasteiger partial charge in [0, 0.05) is 14.7 Å². The Balaban J connectivity index is 2.46. The lowest BCUT2D eigenvalue weighted by Gasteiger charge is -1.97. The first kappa shape index (κ1) is 9.74. The standard InChI is InChI=1S/C8H9BrO2S/c1-2-11-8(10)4-7-3-6(9)5-12-7/h3,5H,2,4H2,1H3. The van der Waals surface area contributed by atoms with Gasteiger partial charge >= 0.3 is 5.97 Å². The third kappa shape index (κ3) is 2.95. The van der Waals surface area contributed by atoms with E-state index in [4.69, 9.17) is 4.74 Å². The lowest BCUT2D eigenvalue weighted by Crippen LogP contribution is -2.05. The van der Waals surface area contributed by atoms with E-state index in [0.29, 0.717) is 13.0 Å². The minimum atomic E-state index is -0.160. The van der Waals surface area contributed by atoms with Gasteiger partial charge in [0.2, 0.25) is 0 Å². The smallest absolute Gasteiger partial charge is 0.311 e. The van der Waals surface area contributed by atoms with Crippen LogP contribution in [0.3, 0.4) is 0 Å². The summed E-state index contributed by atoms with van der Waals surface area (Å²) in [4.78, 5) is 12.0. The number of hydrogen-bond donors (Lipinski definition) is 0. The summed E-state index contributed by atoms with van der Waals surface area (Å²) >= 11 is 4.88. The molecule has 1 heterocycles. The maximum absolute atomic E-state index is 11.0. The highest BCUT2D eigenvalue weighted by Gasteiger charge is 2.05. The van der Waals surface area contributed by atoms with Gasteiger partial charge in [-0.2, -0.15) is 0 Å². The number of carbonyl (C=O) groups excluding carboxylic acids is 1. The molecular formula is C8H9BrO2S. The predicted molar refractivity (Wildman–Crippen MR) is 52.4 cm³/mol. The maximum atomic E-state index is 11.0. The Morgan fingerprint density at radius 1 is 1.75 bits per heavy atom. The molecule has 0 unspecified atom stereocenters. The normalized spacial score (nSPS) is 9.83. The molecule has 0 spiro atoms. The highest BCUT2D eigenvalue weighted by atomic mass is 79.9. The fourth-order valence-corrected chi connectivity index (χ4v) is 2.24. The van der Waals surface area contributed by atoms with E-state index in [1.807, 2.05) is 18.4 Å². The zero-order chi connectivity index (χ0) is 8.97. The zero-order valence-electron chi connectivity index (χ0n) is 6.67. The largest absolute Gasteiger partial charge is 0.466 e. The summed E-state index contributed by atoms with van der Waals surface area (Å²) in [6, 6.07) is 1.93. The van der Waals surface area contributed by atoms with Gasteiger partial charge in [0.15, 0.2) is 0 Å². The monoisotopic (exact) mass is 248 g/mol. The van der Waals surface area contributed by atoms with E-state index in [9.17, 15) is 4.79 Å². The van der Waals surface area contributed by atoms with Gasteiger partial charge in [-0.25, -0.2) is 0 Å². The quantitative estimate of drug-likeness (QED) is 0.769. The van der Waals surface area contributed by atoms with Gasteiger partial charge < -0.3 is 4.74 Å². The third-order valence-corrected chi connectivity index (χ3v) is 2.94. The molecule has 0 bridgehead atoms. The van der Waals surface area contributed by atoms with E-state index in [1.54, 1.807) is 11.3 Å². The molecule has 4 heteroatoms. The summed E-state index contributed by atoms with van der Waals surface area (Å²) < 4.78 is 5.83. The summed E-state index contributed by atoms with van der Waals surface area (Å²) in [6.07, 6.45) is 0.379. The van der Waals surface area contributed by atoms with E-state index in [1.165, 1.54) is 0 Å². The number of esters is 1. The maximum Gasteiger partial charge on any atom is 0.311 e. The Kier molecular flexibility index (Phi) is 3.75. The first-order chi connectivity index (χ1) is 5.72. The van der Waals surface area contributed by atoms with E-state index >= 15 is 0 Å². The highest BCUT2D eigenvalue weighted by Crippen LogP contribution is 2.20. The van der Waals surface area contributed by atoms with Crippen LogP contribution in [0.1, 0.15) is 11.8 Å². The van der Waals surface area contributed by atoms with E-state index < -0.39 is 0 Å². The lowest BCUT2D eigenvalue weighted by molar-refractivity contribution is -0.142. The molecule has 0 aliphatic rings. The SMILES string of the molecule is CCOC(=O)Cc1cc(Br)cs1. The van der Waals surface area contributed by atoms with Crippen LogP contribution in [-0.2, 0) is 16.0 Å². The van der Waals surface area contributed by atoms with Crippen molar-refractivity contribution < 1.29 is 9.53 Å². The summed E-state index contributed by atoms with van der Waals surface area (Å²) in [5.41, 5.74) is 0. The molecule has 1 aromatic heterocycles. The second-order valence-electron chi connectivity index (χ2n) is 2.21. The number of thiophene rings is 1. The Labute approximate surface area is 83.7 Å². The minimum Gasteiger partial charge on any atom is -0.466 e. The van der Waals surface area contributed by atoms with Crippen molar-refractivity contribution in [2.24, 2.45) is 0 Å². The Hall–Kier alpha value is -0.350. The summed E-state index contributed by atoms with van der Waals surface area (Å²) in [5, 5.41) is 1.95. The molecule has 1 aromatic rings. The van der Waals surface area contributed by atoms with Gasteiger partial charge in [0.25, 0.3) is 0 Å². The molecule has 0 atom stereocenters. The second kappa shape index (κ2) is 4.62. The van der Waals surface area contributed by atoms with Crippen molar-refractivity contribution in [3.63, 3.8) is 0 Å². The van der Waals surface area contributed by atoms with Crippen molar-refractivity contribution in [2.45, 2.75) is 13.3 Å². The average molecular weight is 249 g/mol. The Bertz CT molecular complexity index is 270. The fourth-order valence-electron chi connectivity index (χ4n) is 0.801.